The van der Waals surface area contributed by atoms with Crippen molar-refractivity contribution in [2.24, 2.45) is 0 Å². The van der Waals surface area contributed by atoms with Gasteiger partial charge in [0.05, 0.1) is 5.56 Å². The third kappa shape index (κ3) is 3.61. The highest BCUT2D eigenvalue weighted by Crippen LogP contribution is 2.24. The first-order chi connectivity index (χ1) is 9.06. The summed E-state index contributed by atoms with van der Waals surface area (Å²) in [7, 11) is 0. The number of hydrogen-bond donors (Lipinski definition) is 1. The molecule has 1 N–H and O–H groups in total. The third-order valence-corrected chi connectivity index (χ3v) is 4.15. The maximum absolute atomic E-state index is 10.8. The topological polar surface area (TPSA) is 37.3 Å². The minimum atomic E-state index is -0.881. The zero-order valence-corrected chi connectivity index (χ0v) is 11.8. The van der Waals surface area contributed by atoms with Crippen LogP contribution in [0, 0.1) is 13.8 Å². The molecule has 0 amide bonds. The summed E-state index contributed by atoms with van der Waals surface area (Å²) in [6, 6.07) is 13.5. The lowest BCUT2D eigenvalue weighted by Crippen LogP contribution is -1.95. The van der Waals surface area contributed by atoms with Gasteiger partial charge in [0.15, 0.2) is 0 Å². The van der Waals surface area contributed by atoms with Crippen LogP contribution in [0.4, 0.5) is 0 Å². The molecule has 0 aliphatic heterocycles. The number of carbonyl (C=O) groups is 1. The number of benzene rings is 2. The average molecular weight is 272 g/mol. The lowest BCUT2D eigenvalue weighted by Gasteiger charge is -2.05. The molecule has 0 saturated heterocycles. The summed E-state index contributed by atoms with van der Waals surface area (Å²) in [5.74, 6) is -0.0315. The fourth-order valence-corrected chi connectivity index (χ4v) is 2.66. The molecule has 0 fully saturated rings. The molecular weight excluding hydrogens is 256 g/mol. The van der Waals surface area contributed by atoms with E-state index < -0.39 is 5.97 Å². The largest absolute Gasteiger partial charge is 0.478 e. The molecule has 19 heavy (non-hydrogen) atoms. The molecule has 0 heterocycles. The Morgan fingerprint density at radius 1 is 1.05 bits per heavy atom. The first-order valence-corrected chi connectivity index (χ1v) is 7.07. The molecule has 0 saturated carbocycles. The van der Waals surface area contributed by atoms with Gasteiger partial charge in [0.2, 0.25) is 0 Å². The van der Waals surface area contributed by atoms with Crippen LogP contribution < -0.4 is 0 Å². The number of carboxylic acids is 1. The molecule has 2 rings (SSSR count). The second-order valence-corrected chi connectivity index (χ2v) is 5.59. The Morgan fingerprint density at radius 2 is 1.74 bits per heavy atom. The standard InChI is InChI=1S/C16H16O2S/c1-11-3-8-15(9-12(11)2)19-10-13-4-6-14(7-5-13)16(17)18/h3-9H,10H2,1-2H3,(H,17,18). The SMILES string of the molecule is Cc1ccc(SCc2ccc(C(=O)O)cc2)cc1C. The maximum atomic E-state index is 10.8. The van der Waals surface area contributed by atoms with Crippen molar-refractivity contribution in [3.05, 3.63) is 64.7 Å². The van der Waals surface area contributed by atoms with Crippen molar-refractivity contribution in [1.82, 2.24) is 0 Å². The molecule has 0 aliphatic rings. The summed E-state index contributed by atoms with van der Waals surface area (Å²) in [6.45, 7) is 4.22. The monoisotopic (exact) mass is 272 g/mol. The van der Waals surface area contributed by atoms with Gasteiger partial charge in [0.25, 0.3) is 0 Å². The number of rotatable bonds is 4. The molecular formula is C16H16O2S. The first kappa shape index (κ1) is 13.7. The summed E-state index contributed by atoms with van der Waals surface area (Å²) < 4.78 is 0. The van der Waals surface area contributed by atoms with Gasteiger partial charge in [0.1, 0.15) is 0 Å². The van der Waals surface area contributed by atoms with E-state index in [0.29, 0.717) is 5.56 Å². The van der Waals surface area contributed by atoms with E-state index in [4.69, 9.17) is 5.11 Å². The summed E-state index contributed by atoms with van der Waals surface area (Å²) in [5.41, 5.74) is 4.06. The molecule has 2 nitrogen and oxygen atoms in total. The van der Waals surface area contributed by atoms with E-state index in [0.717, 1.165) is 11.3 Å². The second kappa shape index (κ2) is 5.93. The molecule has 2 aromatic rings. The summed E-state index contributed by atoms with van der Waals surface area (Å²) in [4.78, 5) is 12.0. The minimum absolute atomic E-state index is 0.333. The summed E-state index contributed by atoms with van der Waals surface area (Å²) in [5, 5.41) is 8.83. The molecule has 0 radical (unpaired) electrons. The van der Waals surface area contributed by atoms with Crippen molar-refractivity contribution >= 4 is 17.7 Å². The normalized spacial score (nSPS) is 10.4. The quantitative estimate of drug-likeness (QED) is 0.843. The number of aromatic carboxylic acids is 1. The number of thioether (sulfide) groups is 1. The van der Waals surface area contributed by atoms with E-state index in [1.807, 2.05) is 12.1 Å². The molecule has 0 aliphatic carbocycles. The Labute approximate surface area is 117 Å². The van der Waals surface area contributed by atoms with Crippen LogP contribution in [-0.2, 0) is 5.75 Å². The van der Waals surface area contributed by atoms with Gasteiger partial charge in [0, 0.05) is 10.6 Å². The molecule has 98 valence electrons. The van der Waals surface area contributed by atoms with Gasteiger partial charge in [-0.25, -0.2) is 4.79 Å². The van der Waals surface area contributed by atoms with Crippen molar-refractivity contribution in [3.63, 3.8) is 0 Å². The zero-order chi connectivity index (χ0) is 13.8. The van der Waals surface area contributed by atoms with E-state index in [9.17, 15) is 4.79 Å². The number of carboxylic acid groups (broad SMARTS) is 1. The molecule has 0 atom stereocenters. The highest BCUT2D eigenvalue weighted by Gasteiger charge is 2.02. The van der Waals surface area contributed by atoms with Gasteiger partial charge in [-0.15, -0.1) is 11.8 Å². The molecule has 0 bridgehead atoms. The van der Waals surface area contributed by atoms with Crippen molar-refractivity contribution in [2.45, 2.75) is 24.5 Å². The molecule has 2 aromatic carbocycles. The summed E-state index contributed by atoms with van der Waals surface area (Å²) >= 11 is 1.76. The molecule has 0 aromatic heterocycles. The van der Waals surface area contributed by atoms with Crippen LogP contribution in [0.2, 0.25) is 0 Å². The Kier molecular flexibility index (Phi) is 4.27. The van der Waals surface area contributed by atoms with Crippen LogP contribution in [0.5, 0.6) is 0 Å². The fraction of sp³-hybridized carbons (Fsp3) is 0.188. The predicted octanol–water partition coefficient (Wildman–Crippen LogP) is 4.29. The van der Waals surface area contributed by atoms with Gasteiger partial charge >= 0.3 is 5.97 Å². The third-order valence-electron chi connectivity index (χ3n) is 3.08. The van der Waals surface area contributed by atoms with Gasteiger partial charge in [-0.3, -0.25) is 0 Å². The van der Waals surface area contributed by atoms with Gasteiger partial charge in [-0.05, 0) is 54.8 Å². The van der Waals surface area contributed by atoms with Crippen molar-refractivity contribution in [3.8, 4) is 0 Å². The van der Waals surface area contributed by atoms with Crippen molar-refractivity contribution < 1.29 is 9.90 Å². The van der Waals surface area contributed by atoms with Crippen molar-refractivity contribution in [2.75, 3.05) is 0 Å². The first-order valence-electron chi connectivity index (χ1n) is 6.08. The highest BCUT2D eigenvalue weighted by molar-refractivity contribution is 7.98. The summed E-state index contributed by atoms with van der Waals surface area (Å²) in [6.07, 6.45) is 0. The maximum Gasteiger partial charge on any atom is 0.335 e. The number of aryl methyl sites for hydroxylation is 2. The van der Waals surface area contributed by atoms with E-state index in [2.05, 4.69) is 32.0 Å². The Bertz CT molecular complexity index is 588. The van der Waals surface area contributed by atoms with E-state index in [1.54, 1.807) is 23.9 Å². The lowest BCUT2D eigenvalue weighted by atomic mass is 10.1. The average Bonchev–Trinajstić information content (AvgIpc) is 2.40. The predicted molar refractivity (Wildman–Crippen MR) is 78.9 cm³/mol. The number of hydrogen-bond acceptors (Lipinski definition) is 2. The fourth-order valence-electron chi connectivity index (χ4n) is 1.71. The minimum Gasteiger partial charge on any atom is -0.478 e. The Hall–Kier alpha value is -1.74. The van der Waals surface area contributed by atoms with Gasteiger partial charge in [-0.1, -0.05) is 18.2 Å². The highest BCUT2D eigenvalue weighted by atomic mass is 32.2. The smallest absolute Gasteiger partial charge is 0.335 e. The van der Waals surface area contributed by atoms with Gasteiger partial charge < -0.3 is 5.11 Å². The van der Waals surface area contributed by atoms with E-state index in [1.165, 1.54) is 16.0 Å². The second-order valence-electron chi connectivity index (χ2n) is 4.54. The van der Waals surface area contributed by atoms with E-state index in [-0.39, 0.29) is 0 Å². The molecule has 0 spiro atoms. The van der Waals surface area contributed by atoms with Crippen LogP contribution in [0.25, 0.3) is 0 Å². The zero-order valence-electron chi connectivity index (χ0n) is 11.0. The Balaban J connectivity index is 2.01. The van der Waals surface area contributed by atoms with Crippen LogP contribution in [0.1, 0.15) is 27.0 Å². The van der Waals surface area contributed by atoms with Crippen LogP contribution in [-0.4, -0.2) is 11.1 Å². The van der Waals surface area contributed by atoms with Crippen LogP contribution in [0.3, 0.4) is 0 Å². The van der Waals surface area contributed by atoms with Crippen LogP contribution >= 0.6 is 11.8 Å². The Morgan fingerprint density at radius 3 is 2.32 bits per heavy atom. The van der Waals surface area contributed by atoms with Gasteiger partial charge in [-0.2, -0.15) is 0 Å². The van der Waals surface area contributed by atoms with Crippen LogP contribution in [0.15, 0.2) is 47.4 Å². The molecule has 0 unspecified atom stereocenters. The van der Waals surface area contributed by atoms with E-state index >= 15 is 0 Å². The van der Waals surface area contributed by atoms with Crippen molar-refractivity contribution in [1.29, 1.82) is 0 Å². The molecule has 3 heteroatoms. The lowest BCUT2D eigenvalue weighted by molar-refractivity contribution is 0.0697.